The molecular formula is C29H40O6. The number of methoxy groups -OCH3 is 1. The van der Waals surface area contributed by atoms with Crippen molar-refractivity contribution in [1.29, 1.82) is 0 Å². The van der Waals surface area contributed by atoms with E-state index in [0.717, 1.165) is 17.7 Å². The largest absolute Gasteiger partial charge is 0.497 e. The summed E-state index contributed by atoms with van der Waals surface area (Å²) >= 11 is 0. The Hall–Kier alpha value is -2.44. The first kappa shape index (κ1) is 27.2. The summed E-state index contributed by atoms with van der Waals surface area (Å²) < 4.78 is 22.9. The molecule has 0 amide bonds. The van der Waals surface area contributed by atoms with Crippen molar-refractivity contribution in [2.24, 2.45) is 17.3 Å². The van der Waals surface area contributed by atoms with Gasteiger partial charge in [0.15, 0.2) is 5.78 Å². The van der Waals surface area contributed by atoms with Crippen LogP contribution in [0.25, 0.3) is 0 Å². The molecule has 0 aromatic heterocycles. The number of rotatable bonds is 11. The van der Waals surface area contributed by atoms with E-state index in [1.807, 2.05) is 90.1 Å². The maximum atomic E-state index is 13.8. The average Bonchev–Trinajstić information content (AvgIpc) is 3.27. The molecule has 0 spiro atoms. The first-order valence-electron chi connectivity index (χ1n) is 12.4. The smallest absolute Gasteiger partial charge is 0.313 e. The van der Waals surface area contributed by atoms with Crippen LogP contribution in [0.1, 0.15) is 59.9 Å². The van der Waals surface area contributed by atoms with Crippen LogP contribution in [0, 0.1) is 17.3 Å². The van der Waals surface area contributed by atoms with Crippen molar-refractivity contribution in [3.05, 3.63) is 54.1 Å². The van der Waals surface area contributed by atoms with Gasteiger partial charge in [0.05, 0.1) is 32.3 Å². The molecule has 4 atom stereocenters. The molecule has 0 N–H and O–H groups in total. The highest BCUT2D eigenvalue weighted by Crippen LogP contribution is 2.65. The lowest BCUT2D eigenvalue weighted by atomic mass is 9.82. The second-order valence-corrected chi connectivity index (χ2v) is 11.0. The number of fused-ring (bicyclic) bond motifs is 1. The minimum absolute atomic E-state index is 0.0635. The van der Waals surface area contributed by atoms with Gasteiger partial charge >= 0.3 is 5.97 Å². The third-order valence-corrected chi connectivity index (χ3v) is 6.60. The Balaban J connectivity index is 1.64. The SMILES string of the molecule is C/C=C/C[C@@H]1C[C@H]2C(C(=O)OC(C)(C)C)[C@@]2(C(=O)C(C)(C)/C=C/COCc2ccc(OC)cc2)O1. The van der Waals surface area contributed by atoms with Gasteiger partial charge in [0.25, 0.3) is 0 Å². The van der Waals surface area contributed by atoms with Crippen molar-refractivity contribution in [3.63, 3.8) is 0 Å². The number of esters is 1. The fraction of sp³-hybridized carbons (Fsp3) is 0.586. The molecule has 1 saturated heterocycles. The molecule has 2 aliphatic rings. The fourth-order valence-corrected chi connectivity index (χ4v) is 4.90. The van der Waals surface area contributed by atoms with Crippen molar-refractivity contribution < 1.29 is 28.5 Å². The highest BCUT2D eigenvalue weighted by atomic mass is 16.6. The quantitative estimate of drug-likeness (QED) is 0.236. The zero-order valence-corrected chi connectivity index (χ0v) is 22.1. The van der Waals surface area contributed by atoms with Gasteiger partial charge in [0.1, 0.15) is 17.0 Å². The van der Waals surface area contributed by atoms with Crippen molar-refractivity contribution in [2.75, 3.05) is 13.7 Å². The Morgan fingerprint density at radius 1 is 1.11 bits per heavy atom. The Labute approximate surface area is 209 Å². The molecule has 1 aromatic rings. The summed E-state index contributed by atoms with van der Waals surface area (Å²) in [6.45, 7) is 12.1. The number of carbonyl (C=O) groups is 2. The van der Waals surface area contributed by atoms with Gasteiger partial charge < -0.3 is 18.9 Å². The van der Waals surface area contributed by atoms with E-state index in [9.17, 15) is 9.59 Å². The van der Waals surface area contributed by atoms with E-state index >= 15 is 0 Å². The summed E-state index contributed by atoms with van der Waals surface area (Å²) in [6.07, 6.45) is 9.11. The second-order valence-electron chi connectivity index (χ2n) is 11.0. The highest BCUT2D eigenvalue weighted by molar-refractivity contribution is 6.03. The van der Waals surface area contributed by atoms with Crippen LogP contribution in [0.3, 0.4) is 0 Å². The zero-order chi connectivity index (χ0) is 25.9. The van der Waals surface area contributed by atoms with E-state index in [-0.39, 0.29) is 23.8 Å². The fourth-order valence-electron chi connectivity index (χ4n) is 4.90. The third-order valence-electron chi connectivity index (χ3n) is 6.60. The van der Waals surface area contributed by atoms with E-state index < -0.39 is 22.5 Å². The van der Waals surface area contributed by atoms with E-state index in [2.05, 4.69) is 0 Å². The molecule has 1 saturated carbocycles. The molecule has 6 nitrogen and oxygen atoms in total. The van der Waals surface area contributed by atoms with Crippen LogP contribution >= 0.6 is 0 Å². The number of ketones is 1. The zero-order valence-electron chi connectivity index (χ0n) is 22.1. The summed E-state index contributed by atoms with van der Waals surface area (Å²) in [5, 5.41) is 0. The normalized spacial score (nSPS) is 26.2. The van der Waals surface area contributed by atoms with E-state index in [1.165, 1.54) is 0 Å². The van der Waals surface area contributed by atoms with Gasteiger partial charge in [-0.1, -0.05) is 36.4 Å². The molecule has 3 rings (SSSR count). The Bertz CT molecular complexity index is 952. The van der Waals surface area contributed by atoms with E-state index in [1.54, 1.807) is 7.11 Å². The van der Waals surface area contributed by atoms with Crippen LogP contribution in [-0.4, -0.2) is 42.8 Å². The number of allylic oxidation sites excluding steroid dienone is 2. The predicted octanol–water partition coefficient (Wildman–Crippen LogP) is 5.44. The van der Waals surface area contributed by atoms with Crippen molar-refractivity contribution >= 4 is 11.8 Å². The Kier molecular flexibility index (Phi) is 8.28. The number of hydrogen-bond acceptors (Lipinski definition) is 6. The van der Waals surface area contributed by atoms with Crippen molar-refractivity contribution in [3.8, 4) is 5.75 Å². The molecule has 35 heavy (non-hydrogen) atoms. The van der Waals surface area contributed by atoms with E-state index in [0.29, 0.717) is 19.6 Å². The molecule has 2 fully saturated rings. The van der Waals surface area contributed by atoms with Crippen molar-refractivity contribution in [2.45, 2.75) is 78.3 Å². The number of benzene rings is 1. The molecule has 0 bridgehead atoms. The molecule has 1 aromatic carbocycles. The minimum atomic E-state index is -1.10. The lowest BCUT2D eigenvalue weighted by molar-refractivity contribution is -0.164. The summed E-state index contributed by atoms with van der Waals surface area (Å²) in [7, 11) is 1.64. The van der Waals surface area contributed by atoms with Gasteiger partial charge in [0.2, 0.25) is 0 Å². The predicted molar refractivity (Wildman–Crippen MR) is 135 cm³/mol. The first-order valence-corrected chi connectivity index (χ1v) is 12.4. The van der Waals surface area contributed by atoms with Gasteiger partial charge in [-0.15, -0.1) is 0 Å². The second kappa shape index (κ2) is 10.7. The molecule has 1 aliphatic carbocycles. The monoisotopic (exact) mass is 484 g/mol. The van der Waals surface area contributed by atoms with Crippen LogP contribution in [0.15, 0.2) is 48.6 Å². The molecular weight excluding hydrogens is 444 g/mol. The topological polar surface area (TPSA) is 71.1 Å². The van der Waals surface area contributed by atoms with Crippen molar-refractivity contribution in [1.82, 2.24) is 0 Å². The Morgan fingerprint density at radius 2 is 1.80 bits per heavy atom. The highest BCUT2D eigenvalue weighted by Gasteiger charge is 2.79. The lowest BCUT2D eigenvalue weighted by Crippen LogP contribution is -2.41. The van der Waals surface area contributed by atoms with Gasteiger partial charge in [0, 0.05) is 11.3 Å². The lowest BCUT2D eigenvalue weighted by Gasteiger charge is -2.28. The summed E-state index contributed by atoms with van der Waals surface area (Å²) in [5.74, 6) is -0.296. The molecule has 0 radical (unpaired) electrons. The molecule has 192 valence electrons. The third kappa shape index (κ3) is 6.22. The van der Waals surface area contributed by atoms with Gasteiger partial charge in [-0.3, -0.25) is 9.59 Å². The molecule has 6 heteroatoms. The summed E-state index contributed by atoms with van der Waals surface area (Å²) in [4.78, 5) is 26.8. The maximum absolute atomic E-state index is 13.8. The summed E-state index contributed by atoms with van der Waals surface area (Å²) in [6, 6.07) is 7.71. The molecule has 1 aliphatic heterocycles. The standard InChI is InChI=1S/C29H40O6/c1-8-9-11-22-18-23-24(25(30)35-27(2,3)4)29(23,34-22)26(31)28(5,6)16-10-17-33-19-20-12-14-21(32-7)15-13-20/h8-10,12-16,22-24H,11,17-19H2,1-7H3/b9-8+,16-10+/t22-,23+,24?,29+/m1/s1. The van der Waals surface area contributed by atoms with Crippen LogP contribution < -0.4 is 4.74 Å². The number of carbonyl (C=O) groups excluding carboxylic acids is 2. The van der Waals surface area contributed by atoms with Crippen LogP contribution in [-0.2, 0) is 30.4 Å². The number of ether oxygens (including phenoxy) is 4. The number of hydrogen-bond donors (Lipinski definition) is 0. The minimum Gasteiger partial charge on any atom is -0.497 e. The average molecular weight is 485 g/mol. The van der Waals surface area contributed by atoms with E-state index in [4.69, 9.17) is 18.9 Å². The molecule has 1 unspecified atom stereocenters. The maximum Gasteiger partial charge on any atom is 0.313 e. The Morgan fingerprint density at radius 3 is 2.40 bits per heavy atom. The number of Topliss-reactive ketones (excluding diaryl/α,β-unsaturated/α-hetero) is 1. The van der Waals surface area contributed by atoms with Crippen LogP contribution in [0.4, 0.5) is 0 Å². The van der Waals surface area contributed by atoms with Gasteiger partial charge in [-0.2, -0.15) is 0 Å². The van der Waals surface area contributed by atoms with Crippen LogP contribution in [0.2, 0.25) is 0 Å². The first-order chi connectivity index (χ1) is 16.4. The molecule has 1 heterocycles. The van der Waals surface area contributed by atoms with Gasteiger partial charge in [-0.25, -0.2) is 0 Å². The van der Waals surface area contributed by atoms with Crippen LogP contribution in [0.5, 0.6) is 5.75 Å². The van der Waals surface area contributed by atoms with Gasteiger partial charge in [-0.05, 0) is 72.1 Å². The summed E-state index contributed by atoms with van der Waals surface area (Å²) in [5.41, 5.74) is -1.49.